The molecule has 0 aromatic heterocycles. The topological polar surface area (TPSA) is 32.3 Å². The quantitative estimate of drug-likeness (QED) is 0.835. The fourth-order valence-electron chi connectivity index (χ4n) is 2.87. The van der Waals surface area contributed by atoms with Gasteiger partial charge in [0.2, 0.25) is 0 Å². The van der Waals surface area contributed by atoms with Gasteiger partial charge in [-0.1, -0.05) is 32.4 Å². The zero-order valence-electron chi connectivity index (χ0n) is 13.4. The fourth-order valence-corrected chi connectivity index (χ4v) is 2.87. The number of benzene rings is 1. The first-order valence-electron chi connectivity index (χ1n) is 8.36. The second kappa shape index (κ2) is 8.18. The molecule has 21 heavy (non-hydrogen) atoms. The molecule has 0 saturated carbocycles. The molecule has 0 bridgehead atoms. The van der Waals surface area contributed by atoms with Gasteiger partial charge in [0.25, 0.3) is 5.91 Å². The van der Waals surface area contributed by atoms with E-state index < -0.39 is 0 Å². The highest BCUT2D eigenvalue weighted by molar-refractivity contribution is 5.94. The van der Waals surface area contributed by atoms with Gasteiger partial charge in [0.15, 0.2) is 0 Å². The van der Waals surface area contributed by atoms with Crippen molar-refractivity contribution < 1.29 is 4.79 Å². The van der Waals surface area contributed by atoms with Crippen molar-refractivity contribution in [3.8, 4) is 0 Å². The summed E-state index contributed by atoms with van der Waals surface area (Å²) in [5, 5.41) is 3.49. The summed E-state index contributed by atoms with van der Waals surface area (Å²) in [6.07, 6.45) is 5.62. The van der Waals surface area contributed by atoms with Crippen LogP contribution in [0, 0.1) is 0 Å². The van der Waals surface area contributed by atoms with Crippen LogP contribution in [0.15, 0.2) is 24.3 Å². The maximum Gasteiger partial charge on any atom is 0.253 e. The Hall–Kier alpha value is -1.35. The Labute approximate surface area is 128 Å². The van der Waals surface area contributed by atoms with Crippen molar-refractivity contribution in [2.24, 2.45) is 0 Å². The van der Waals surface area contributed by atoms with Crippen LogP contribution in [0.1, 0.15) is 55.5 Å². The molecule has 1 aromatic rings. The van der Waals surface area contributed by atoms with Crippen molar-refractivity contribution in [1.82, 2.24) is 10.2 Å². The van der Waals surface area contributed by atoms with Gasteiger partial charge < -0.3 is 10.2 Å². The number of rotatable bonds is 7. The first-order chi connectivity index (χ1) is 10.2. The van der Waals surface area contributed by atoms with Crippen molar-refractivity contribution in [2.75, 3.05) is 19.6 Å². The summed E-state index contributed by atoms with van der Waals surface area (Å²) in [6, 6.07) is 8.56. The number of nitrogens with zero attached hydrogens (tertiary/aromatic N) is 1. The molecular formula is C18H28N2O. The molecule has 1 unspecified atom stereocenters. The van der Waals surface area contributed by atoms with E-state index in [4.69, 9.17) is 0 Å². The average Bonchev–Trinajstić information content (AvgIpc) is 3.04. The highest BCUT2D eigenvalue weighted by Gasteiger charge is 2.21. The highest BCUT2D eigenvalue weighted by Crippen LogP contribution is 2.13. The highest BCUT2D eigenvalue weighted by atomic mass is 16.2. The smallest absolute Gasteiger partial charge is 0.253 e. The molecule has 1 aliphatic rings. The molecule has 3 heteroatoms. The molecule has 116 valence electrons. The van der Waals surface area contributed by atoms with Gasteiger partial charge in [-0.15, -0.1) is 0 Å². The van der Waals surface area contributed by atoms with Gasteiger partial charge >= 0.3 is 0 Å². The maximum absolute atomic E-state index is 12.7. The molecule has 1 N–H and O–H groups in total. The third kappa shape index (κ3) is 4.57. The van der Waals surface area contributed by atoms with Gasteiger partial charge in [-0.3, -0.25) is 4.79 Å². The van der Waals surface area contributed by atoms with Crippen molar-refractivity contribution in [3.63, 3.8) is 0 Å². The Morgan fingerprint density at radius 3 is 2.62 bits per heavy atom. The lowest BCUT2D eigenvalue weighted by molar-refractivity contribution is 0.0739. The van der Waals surface area contributed by atoms with E-state index >= 15 is 0 Å². The van der Waals surface area contributed by atoms with Crippen LogP contribution in [-0.2, 0) is 6.42 Å². The number of hydrogen-bond acceptors (Lipinski definition) is 2. The summed E-state index contributed by atoms with van der Waals surface area (Å²) in [7, 11) is 0. The molecular weight excluding hydrogens is 260 g/mol. The SMILES string of the molecule is CCCCN(CC1CCCN1)C(=O)c1ccc(CC)cc1. The zero-order valence-corrected chi connectivity index (χ0v) is 13.4. The van der Waals surface area contributed by atoms with Gasteiger partial charge in [0.1, 0.15) is 0 Å². The van der Waals surface area contributed by atoms with Crippen LogP contribution in [0.4, 0.5) is 0 Å². The molecule has 1 amide bonds. The molecule has 0 spiro atoms. The first kappa shape index (κ1) is 16.0. The predicted molar refractivity (Wildman–Crippen MR) is 87.7 cm³/mol. The number of carbonyl (C=O) groups excluding carboxylic acids is 1. The minimum absolute atomic E-state index is 0.180. The Morgan fingerprint density at radius 1 is 1.29 bits per heavy atom. The zero-order chi connectivity index (χ0) is 15.1. The molecule has 0 radical (unpaired) electrons. The van der Waals surface area contributed by atoms with Crippen molar-refractivity contribution in [3.05, 3.63) is 35.4 Å². The van der Waals surface area contributed by atoms with Gasteiger partial charge in [0.05, 0.1) is 0 Å². The van der Waals surface area contributed by atoms with E-state index in [1.165, 1.54) is 18.4 Å². The van der Waals surface area contributed by atoms with E-state index in [0.29, 0.717) is 6.04 Å². The van der Waals surface area contributed by atoms with Crippen LogP contribution in [0.2, 0.25) is 0 Å². The van der Waals surface area contributed by atoms with Gasteiger partial charge in [-0.05, 0) is 49.9 Å². The Morgan fingerprint density at radius 2 is 2.05 bits per heavy atom. The lowest BCUT2D eigenvalue weighted by atomic mass is 10.1. The third-order valence-electron chi connectivity index (χ3n) is 4.28. The Balaban J connectivity index is 2.03. The van der Waals surface area contributed by atoms with Crippen LogP contribution in [0.5, 0.6) is 0 Å². The number of carbonyl (C=O) groups is 1. The summed E-state index contributed by atoms with van der Waals surface area (Å²) >= 11 is 0. The predicted octanol–water partition coefficient (Wildman–Crippen LogP) is 3.24. The van der Waals surface area contributed by atoms with Crippen LogP contribution < -0.4 is 5.32 Å². The lowest BCUT2D eigenvalue weighted by Gasteiger charge is -2.26. The standard InChI is InChI=1S/C18H28N2O/c1-3-5-13-20(14-17-7-6-12-19-17)18(21)16-10-8-15(4-2)9-11-16/h8-11,17,19H,3-7,12-14H2,1-2H3. The van der Waals surface area contributed by atoms with Crippen molar-refractivity contribution >= 4 is 5.91 Å². The summed E-state index contributed by atoms with van der Waals surface area (Å²) in [6.45, 7) is 7.10. The van der Waals surface area contributed by atoms with Gasteiger partial charge in [-0.2, -0.15) is 0 Å². The average molecular weight is 288 g/mol. The van der Waals surface area contributed by atoms with E-state index in [-0.39, 0.29) is 5.91 Å². The lowest BCUT2D eigenvalue weighted by Crippen LogP contribution is -2.41. The van der Waals surface area contributed by atoms with E-state index in [2.05, 4.69) is 31.3 Å². The maximum atomic E-state index is 12.7. The van der Waals surface area contributed by atoms with E-state index in [1.54, 1.807) is 0 Å². The molecule has 1 aromatic carbocycles. The van der Waals surface area contributed by atoms with Gasteiger partial charge in [0, 0.05) is 24.7 Å². The van der Waals surface area contributed by atoms with E-state index in [1.807, 2.05) is 17.0 Å². The summed E-state index contributed by atoms with van der Waals surface area (Å²) in [4.78, 5) is 14.8. The van der Waals surface area contributed by atoms with Crippen LogP contribution in [0.3, 0.4) is 0 Å². The largest absolute Gasteiger partial charge is 0.337 e. The second-order valence-electron chi connectivity index (χ2n) is 5.95. The number of amides is 1. The van der Waals surface area contributed by atoms with E-state index in [0.717, 1.165) is 44.5 Å². The van der Waals surface area contributed by atoms with Crippen LogP contribution in [-0.4, -0.2) is 36.5 Å². The fraction of sp³-hybridized carbons (Fsp3) is 0.611. The molecule has 2 rings (SSSR count). The van der Waals surface area contributed by atoms with Crippen molar-refractivity contribution in [2.45, 2.75) is 52.0 Å². The third-order valence-corrected chi connectivity index (χ3v) is 4.28. The first-order valence-corrected chi connectivity index (χ1v) is 8.36. The molecule has 1 saturated heterocycles. The molecule has 1 heterocycles. The number of hydrogen-bond donors (Lipinski definition) is 1. The summed E-state index contributed by atoms with van der Waals surface area (Å²) < 4.78 is 0. The molecule has 3 nitrogen and oxygen atoms in total. The van der Waals surface area contributed by atoms with Crippen LogP contribution in [0.25, 0.3) is 0 Å². The summed E-state index contributed by atoms with van der Waals surface area (Å²) in [5.74, 6) is 0.180. The minimum atomic E-state index is 0.180. The number of unbranched alkanes of at least 4 members (excludes halogenated alkanes) is 1. The molecule has 1 atom stereocenters. The summed E-state index contributed by atoms with van der Waals surface area (Å²) in [5.41, 5.74) is 2.10. The molecule has 0 aliphatic carbocycles. The van der Waals surface area contributed by atoms with Crippen LogP contribution >= 0.6 is 0 Å². The minimum Gasteiger partial charge on any atom is -0.337 e. The normalized spacial score (nSPS) is 17.9. The number of nitrogens with one attached hydrogen (secondary N) is 1. The molecule has 1 fully saturated rings. The number of aryl methyl sites for hydroxylation is 1. The Kier molecular flexibility index (Phi) is 6.24. The molecule has 1 aliphatic heterocycles. The Bertz CT molecular complexity index is 435. The monoisotopic (exact) mass is 288 g/mol. The second-order valence-corrected chi connectivity index (χ2v) is 5.95. The van der Waals surface area contributed by atoms with Crippen molar-refractivity contribution in [1.29, 1.82) is 0 Å². The van der Waals surface area contributed by atoms with E-state index in [9.17, 15) is 4.79 Å². The van der Waals surface area contributed by atoms with Gasteiger partial charge in [-0.25, -0.2) is 0 Å².